The van der Waals surface area contributed by atoms with Crippen molar-refractivity contribution in [3.63, 3.8) is 0 Å². The monoisotopic (exact) mass is 374 g/mol. The van der Waals surface area contributed by atoms with Crippen LogP contribution in [0.25, 0.3) is 0 Å². The van der Waals surface area contributed by atoms with Gasteiger partial charge in [-0.3, -0.25) is 14.5 Å². The number of ether oxygens (including phenoxy) is 2. The van der Waals surface area contributed by atoms with Crippen LogP contribution in [-0.2, 0) is 32.2 Å². The number of carbonyl (C=O) groups is 3. The highest BCUT2D eigenvalue weighted by molar-refractivity contribution is 5.92. The molecule has 0 radical (unpaired) electrons. The Balaban J connectivity index is 1.67. The van der Waals surface area contributed by atoms with E-state index in [1.54, 1.807) is 11.9 Å². The van der Waals surface area contributed by atoms with Crippen molar-refractivity contribution in [1.29, 1.82) is 0 Å². The number of hydrogen-bond donors (Lipinski definition) is 0. The van der Waals surface area contributed by atoms with Crippen LogP contribution in [0, 0.1) is 5.92 Å². The Bertz CT molecular complexity index is 708. The Hall–Kier alpha value is -2.41. The standard InChI is InChI=1S/C20H26N2O5/c1-13(2)8-18(19(24)21(3)16-11-26-12-17(16)23)27-20(25)22-9-14-6-4-5-7-15(14)10-22/h4-7,13,16,18H,8-12H2,1-3H3. The van der Waals surface area contributed by atoms with Crippen LogP contribution in [0.1, 0.15) is 31.4 Å². The minimum Gasteiger partial charge on any atom is -0.436 e. The lowest BCUT2D eigenvalue weighted by Crippen LogP contribution is -2.48. The van der Waals surface area contributed by atoms with Gasteiger partial charge in [-0.25, -0.2) is 4.79 Å². The lowest BCUT2D eigenvalue weighted by Gasteiger charge is -2.29. The molecular weight excluding hydrogens is 348 g/mol. The maximum Gasteiger partial charge on any atom is 0.411 e. The number of Topliss-reactive ketones (excluding diaryl/α,β-unsaturated/α-hetero) is 1. The molecule has 2 aliphatic heterocycles. The van der Waals surface area contributed by atoms with Gasteiger partial charge >= 0.3 is 6.09 Å². The summed E-state index contributed by atoms with van der Waals surface area (Å²) in [6, 6.07) is 7.24. The average molecular weight is 374 g/mol. The highest BCUT2D eigenvalue weighted by Crippen LogP contribution is 2.24. The summed E-state index contributed by atoms with van der Waals surface area (Å²) in [7, 11) is 1.56. The van der Waals surface area contributed by atoms with Crippen molar-refractivity contribution in [3.8, 4) is 0 Å². The van der Waals surface area contributed by atoms with Crippen LogP contribution in [0.5, 0.6) is 0 Å². The van der Waals surface area contributed by atoms with E-state index in [1.165, 1.54) is 4.90 Å². The summed E-state index contributed by atoms with van der Waals surface area (Å²) < 4.78 is 10.7. The molecule has 7 heteroatoms. The van der Waals surface area contributed by atoms with E-state index in [2.05, 4.69) is 0 Å². The summed E-state index contributed by atoms with van der Waals surface area (Å²) in [5.74, 6) is -0.334. The maximum atomic E-state index is 12.9. The Kier molecular flexibility index (Phi) is 5.79. The number of rotatable bonds is 5. The number of carbonyl (C=O) groups excluding carboxylic acids is 3. The zero-order chi connectivity index (χ0) is 19.6. The molecule has 1 fully saturated rings. The Morgan fingerprint density at radius 2 is 1.89 bits per heavy atom. The van der Waals surface area contributed by atoms with E-state index in [0.717, 1.165) is 11.1 Å². The van der Waals surface area contributed by atoms with Crippen molar-refractivity contribution in [2.24, 2.45) is 5.92 Å². The van der Waals surface area contributed by atoms with Gasteiger partial charge in [0, 0.05) is 20.1 Å². The largest absolute Gasteiger partial charge is 0.436 e. The molecule has 2 unspecified atom stereocenters. The van der Waals surface area contributed by atoms with E-state index >= 15 is 0 Å². The van der Waals surface area contributed by atoms with Gasteiger partial charge in [0.1, 0.15) is 12.6 Å². The minimum atomic E-state index is -0.917. The first kappa shape index (κ1) is 19.4. The van der Waals surface area contributed by atoms with Crippen LogP contribution in [0.3, 0.4) is 0 Å². The number of ketones is 1. The molecule has 7 nitrogen and oxygen atoms in total. The molecule has 1 saturated heterocycles. The predicted octanol–water partition coefficient (Wildman–Crippen LogP) is 1.98. The second-order valence-corrected chi connectivity index (χ2v) is 7.57. The van der Waals surface area contributed by atoms with Gasteiger partial charge in [0.15, 0.2) is 11.9 Å². The SMILES string of the molecule is CC(C)CC(OC(=O)N1Cc2ccccc2C1)C(=O)N(C)C1COCC1=O. The van der Waals surface area contributed by atoms with Crippen molar-refractivity contribution >= 4 is 17.8 Å². The van der Waals surface area contributed by atoms with E-state index in [1.807, 2.05) is 38.1 Å². The van der Waals surface area contributed by atoms with E-state index in [-0.39, 0.29) is 30.8 Å². The minimum absolute atomic E-state index is 0.0168. The molecule has 0 N–H and O–H groups in total. The third-order valence-electron chi connectivity index (χ3n) is 5.01. The zero-order valence-electron chi connectivity index (χ0n) is 16.0. The quantitative estimate of drug-likeness (QED) is 0.788. The Morgan fingerprint density at radius 1 is 1.26 bits per heavy atom. The van der Waals surface area contributed by atoms with Crippen LogP contribution < -0.4 is 0 Å². The summed E-state index contributed by atoms with van der Waals surface area (Å²) in [6.07, 6.45) is -1.02. The lowest BCUT2D eigenvalue weighted by atomic mass is 10.0. The highest BCUT2D eigenvalue weighted by Gasteiger charge is 2.37. The van der Waals surface area contributed by atoms with Gasteiger partial charge < -0.3 is 14.4 Å². The molecule has 0 spiro atoms. The van der Waals surface area contributed by atoms with Crippen molar-refractivity contribution in [2.45, 2.75) is 45.5 Å². The number of likely N-dealkylation sites (N-methyl/N-ethyl adjacent to an activating group) is 1. The van der Waals surface area contributed by atoms with E-state index in [9.17, 15) is 14.4 Å². The Labute approximate surface area is 159 Å². The molecule has 0 aliphatic carbocycles. The summed E-state index contributed by atoms with van der Waals surface area (Å²) in [4.78, 5) is 40.4. The van der Waals surface area contributed by atoms with Crippen molar-refractivity contribution < 1.29 is 23.9 Å². The summed E-state index contributed by atoms with van der Waals surface area (Å²) >= 11 is 0. The normalized spacial score (nSPS) is 19.9. The maximum absolute atomic E-state index is 12.9. The topological polar surface area (TPSA) is 76.2 Å². The van der Waals surface area contributed by atoms with Gasteiger partial charge in [0.2, 0.25) is 0 Å². The van der Waals surface area contributed by atoms with Crippen LogP contribution in [-0.4, -0.2) is 60.0 Å². The Morgan fingerprint density at radius 3 is 2.41 bits per heavy atom. The average Bonchev–Trinajstić information content (AvgIpc) is 3.25. The number of hydrogen-bond acceptors (Lipinski definition) is 5. The third kappa shape index (κ3) is 4.30. The number of amides is 2. The molecule has 2 amide bonds. The summed E-state index contributed by atoms with van der Waals surface area (Å²) in [5, 5.41) is 0. The fraction of sp³-hybridized carbons (Fsp3) is 0.550. The highest BCUT2D eigenvalue weighted by atomic mass is 16.6. The molecule has 2 heterocycles. The van der Waals surface area contributed by atoms with Crippen molar-refractivity contribution in [2.75, 3.05) is 20.3 Å². The number of nitrogens with zero attached hydrogens (tertiary/aromatic N) is 2. The molecule has 2 atom stereocenters. The van der Waals surface area contributed by atoms with Crippen LogP contribution >= 0.6 is 0 Å². The number of benzene rings is 1. The molecule has 1 aromatic rings. The van der Waals surface area contributed by atoms with Gasteiger partial charge in [-0.1, -0.05) is 38.1 Å². The zero-order valence-corrected chi connectivity index (χ0v) is 16.0. The molecule has 0 saturated carbocycles. The van der Waals surface area contributed by atoms with Gasteiger partial charge in [0.25, 0.3) is 5.91 Å². The van der Waals surface area contributed by atoms with Crippen molar-refractivity contribution in [1.82, 2.24) is 9.80 Å². The summed E-state index contributed by atoms with van der Waals surface area (Å²) in [5.41, 5.74) is 2.18. The van der Waals surface area contributed by atoms with Gasteiger partial charge in [0.05, 0.1) is 6.61 Å². The number of fused-ring (bicyclic) bond motifs is 1. The molecule has 27 heavy (non-hydrogen) atoms. The molecular formula is C20H26N2O5. The van der Waals surface area contributed by atoms with Crippen molar-refractivity contribution in [3.05, 3.63) is 35.4 Å². The van der Waals surface area contributed by atoms with E-state index in [4.69, 9.17) is 9.47 Å². The summed E-state index contributed by atoms with van der Waals surface area (Å²) in [6.45, 7) is 5.08. The predicted molar refractivity (Wildman–Crippen MR) is 97.8 cm³/mol. The van der Waals surface area contributed by atoms with Crippen LogP contribution in [0.4, 0.5) is 4.79 Å². The van der Waals surface area contributed by atoms with Gasteiger partial charge in [-0.2, -0.15) is 0 Å². The second-order valence-electron chi connectivity index (χ2n) is 7.57. The molecule has 3 rings (SSSR count). The molecule has 0 aromatic heterocycles. The third-order valence-corrected chi connectivity index (χ3v) is 5.01. The molecule has 2 aliphatic rings. The fourth-order valence-electron chi connectivity index (χ4n) is 3.45. The second kappa shape index (κ2) is 8.08. The molecule has 0 bridgehead atoms. The molecule has 1 aromatic carbocycles. The fourth-order valence-corrected chi connectivity index (χ4v) is 3.45. The van der Waals surface area contributed by atoms with Gasteiger partial charge in [-0.15, -0.1) is 0 Å². The van der Waals surface area contributed by atoms with Gasteiger partial charge in [-0.05, 0) is 23.5 Å². The first-order valence-electron chi connectivity index (χ1n) is 9.26. The smallest absolute Gasteiger partial charge is 0.411 e. The van der Waals surface area contributed by atoms with E-state index in [0.29, 0.717) is 19.5 Å². The van der Waals surface area contributed by atoms with Crippen LogP contribution in [0.15, 0.2) is 24.3 Å². The van der Waals surface area contributed by atoms with E-state index < -0.39 is 18.2 Å². The lowest BCUT2D eigenvalue weighted by molar-refractivity contribution is -0.145. The first-order valence-corrected chi connectivity index (χ1v) is 9.26. The van der Waals surface area contributed by atoms with Crippen LogP contribution in [0.2, 0.25) is 0 Å². The molecule has 146 valence electrons. The first-order chi connectivity index (χ1) is 12.9.